The quantitative estimate of drug-likeness (QED) is 0.526. The molecule has 0 heterocycles. The monoisotopic (exact) mass is 200 g/mol. The topological polar surface area (TPSA) is 41.6 Å². The van der Waals surface area contributed by atoms with Gasteiger partial charge in [-0.05, 0) is 27.2 Å². The molecule has 0 atom stereocenters. The van der Waals surface area contributed by atoms with Crippen LogP contribution in [0.25, 0.3) is 0 Å². The van der Waals surface area contributed by atoms with Crippen LogP contribution < -0.4 is 5.32 Å². The van der Waals surface area contributed by atoms with Crippen molar-refractivity contribution in [1.82, 2.24) is 10.2 Å². The first-order valence-corrected chi connectivity index (χ1v) is 4.91. The van der Waals surface area contributed by atoms with E-state index >= 15 is 0 Å². The molecule has 5 heteroatoms. The molecule has 0 aliphatic heterocycles. The maximum Gasteiger partial charge on any atom is 0.317 e. The zero-order valence-corrected chi connectivity index (χ0v) is 9.89. The van der Waals surface area contributed by atoms with Crippen LogP contribution in [0.5, 0.6) is 0 Å². The van der Waals surface area contributed by atoms with E-state index in [-0.39, 0.29) is 11.6 Å². The van der Waals surface area contributed by atoms with Crippen LogP contribution in [0.4, 0.5) is 4.79 Å². The Labute approximate surface area is 87.4 Å². The summed E-state index contributed by atoms with van der Waals surface area (Å²) < 4.78 is 4.96. The van der Waals surface area contributed by atoms with Crippen molar-refractivity contribution in [3.05, 3.63) is 0 Å². The Bertz CT molecular complexity index is 180. The fraction of sp³-hybridized carbons (Fsp3) is 0.889. The normalized spacial score (nSPS) is 11.1. The molecule has 0 radical (unpaired) electrons. The van der Waals surface area contributed by atoms with Crippen molar-refractivity contribution in [2.24, 2.45) is 0 Å². The Morgan fingerprint density at radius 1 is 1.50 bits per heavy atom. The molecule has 0 saturated carbocycles. The van der Waals surface area contributed by atoms with Gasteiger partial charge < -0.3 is 14.9 Å². The van der Waals surface area contributed by atoms with Gasteiger partial charge in [0, 0.05) is 25.7 Å². The predicted molar refractivity (Wildman–Crippen MR) is 60.0 cm³/mol. The SMILES string of the molecule is BOCCCN(C(=O)NC)C(C)(C)C. The van der Waals surface area contributed by atoms with Crippen LogP contribution >= 0.6 is 0 Å². The lowest BCUT2D eigenvalue weighted by atomic mass is 10.1. The highest BCUT2D eigenvalue weighted by molar-refractivity contribution is 5.97. The van der Waals surface area contributed by atoms with E-state index in [1.54, 1.807) is 15.1 Å². The number of hydrogen-bond acceptors (Lipinski definition) is 2. The second-order valence-corrected chi connectivity index (χ2v) is 4.22. The molecule has 0 aliphatic carbocycles. The summed E-state index contributed by atoms with van der Waals surface area (Å²) in [6.07, 6.45) is 0.862. The molecule has 2 amide bonds. The maximum absolute atomic E-state index is 11.5. The first kappa shape index (κ1) is 13.3. The van der Waals surface area contributed by atoms with Crippen LogP contribution in [-0.4, -0.2) is 44.7 Å². The Morgan fingerprint density at radius 3 is 2.43 bits per heavy atom. The molecule has 0 aromatic heterocycles. The molecule has 0 aromatic carbocycles. The summed E-state index contributed by atoms with van der Waals surface area (Å²) in [5, 5.41) is 2.64. The number of carbonyl (C=O) groups is 1. The molecular formula is C9H21BN2O2. The van der Waals surface area contributed by atoms with Gasteiger partial charge in [0.15, 0.2) is 0 Å². The van der Waals surface area contributed by atoms with E-state index in [9.17, 15) is 4.79 Å². The standard InChI is InChI=1S/C9H21BN2O2/c1-9(2,3)12(8(13)11-4)6-5-7-14-10/h5-7,10H2,1-4H3,(H,11,13). The van der Waals surface area contributed by atoms with E-state index in [1.807, 2.05) is 25.7 Å². The Kier molecular flexibility index (Phi) is 5.61. The lowest BCUT2D eigenvalue weighted by Crippen LogP contribution is -2.50. The van der Waals surface area contributed by atoms with Crippen LogP contribution in [0.15, 0.2) is 0 Å². The van der Waals surface area contributed by atoms with E-state index in [4.69, 9.17) is 4.65 Å². The molecule has 0 rings (SSSR count). The number of hydrogen-bond donors (Lipinski definition) is 1. The summed E-state index contributed by atoms with van der Waals surface area (Å²) in [7, 11) is 3.32. The third kappa shape index (κ3) is 4.51. The molecule has 0 fully saturated rings. The molecule has 14 heavy (non-hydrogen) atoms. The van der Waals surface area contributed by atoms with Crippen molar-refractivity contribution in [2.45, 2.75) is 32.7 Å². The molecule has 0 aromatic rings. The van der Waals surface area contributed by atoms with Crippen molar-refractivity contribution < 1.29 is 9.45 Å². The highest BCUT2D eigenvalue weighted by atomic mass is 16.4. The lowest BCUT2D eigenvalue weighted by molar-refractivity contribution is 0.140. The van der Waals surface area contributed by atoms with E-state index in [0.29, 0.717) is 6.61 Å². The minimum Gasteiger partial charge on any atom is -0.444 e. The molecule has 4 nitrogen and oxygen atoms in total. The molecule has 0 aliphatic rings. The zero-order chi connectivity index (χ0) is 11.2. The number of carbonyl (C=O) groups excluding carboxylic acids is 1. The summed E-state index contributed by atoms with van der Waals surface area (Å²) in [5.74, 6) is 0. The molecule has 82 valence electrons. The van der Waals surface area contributed by atoms with E-state index in [1.165, 1.54) is 0 Å². The third-order valence-corrected chi connectivity index (χ3v) is 2.00. The predicted octanol–water partition coefficient (Wildman–Crippen LogP) is 0.381. The van der Waals surface area contributed by atoms with Crippen LogP contribution in [0.2, 0.25) is 0 Å². The zero-order valence-electron chi connectivity index (χ0n) is 9.89. The second-order valence-electron chi connectivity index (χ2n) is 4.22. The van der Waals surface area contributed by atoms with Gasteiger partial charge in [-0.1, -0.05) is 0 Å². The van der Waals surface area contributed by atoms with Crippen molar-refractivity contribution >= 4 is 14.1 Å². The van der Waals surface area contributed by atoms with Crippen LogP contribution in [0, 0.1) is 0 Å². The molecular weight excluding hydrogens is 179 g/mol. The smallest absolute Gasteiger partial charge is 0.317 e. The number of urea groups is 1. The molecule has 0 bridgehead atoms. The summed E-state index contributed by atoms with van der Waals surface area (Å²) in [6.45, 7) is 7.47. The summed E-state index contributed by atoms with van der Waals surface area (Å²) >= 11 is 0. The third-order valence-electron chi connectivity index (χ3n) is 2.00. The first-order chi connectivity index (χ1) is 6.43. The number of amides is 2. The van der Waals surface area contributed by atoms with Gasteiger partial charge in [0.2, 0.25) is 0 Å². The van der Waals surface area contributed by atoms with E-state index in [2.05, 4.69) is 5.32 Å². The summed E-state index contributed by atoms with van der Waals surface area (Å²) in [5.41, 5.74) is -0.145. The van der Waals surface area contributed by atoms with Gasteiger partial charge >= 0.3 is 6.03 Å². The van der Waals surface area contributed by atoms with Gasteiger partial charge in [-0.15, -0.1) is 0 Å². The fourth-order valence-corrected chi connectivity index (χ4v) is 1.24. The second kappa shape index (κ2) is 5.91. The minimum atomic E-state index is -0.145. The van der Waals surface area contributed by atoms with Gasteiger partial charge in [0.1, 0.15) is 0 Å². The van der Waals surface area contributed by atoms with Gasteiger partial charge in [-0.2, -0.15) is 0 Å². The summed E-state index contributed by atoms with van der Waals surface area (Å²) in [4.78, 5) is 13.3. The van der Waals surface area contributed by atoms with Gasteiger partial charge in [0.25, 0.3) is 8.05 Å². The molecule has 0 unspecified atom stereocenters. The highest BCUT2D eigenvalue weighted by Gasteiger charge is 2.24. The molecule has 0 saturated heterocycles. The van der Waals surface area contributed by atoms with Gasteiger partial charge in [-0.25, -0.2) is 4.79 Å². The van der Waals surface area contributed by atoms with E-state index in [0.717, 1.165) is 13.0 Å². The van der Waals surface area contributed by atoms with Gasteiger partial charge in [-0.3, -0.25) is 0 Å². The van der Waals surface area contributed by atoms with E-state index < -0.39 is 0 Å². The molecule has 1 N–H and O–H groups in total. The van der Waals surface area contributed by atoms with Crippen LogP contribution in [-0.2, 0) is 4.65 Å². The van der Waals surface area contributed by atoms with Crippen molar-refractivity contribution in [3.63, 3.8) is 0 Å². The average Bonchev–Trinajstić information content (AvgIpc) is 2.09. The Balaban J connectivity index is 4.19. The van der Waals surface area contributed by atoms with Crippen molar-refractivity contribution in [3.8, 4) is 0 Å². The van der Waals surface area contributed by atoms with Crippen molar-refractivity contribution in [2.75, 3.05) is 20.2 Å². The fourth-order valence-electron chi connectivity index (χ4n) is 1.24. The first-order valence-electron chi connectivity index (χ1n) is 4.91. The Morgan fingerprint density at radius 2 is 2.07 bits per heavy atom. The highest BCUT2D eigenvalue weighted by Crippen LogP contribution is 2.13. The lowest BCUT2D eigenvalue weighted by Gasteiger charge is -2.35. The van der Waals surface area contributed by atoms with Crippen molar-refractivity contribution in [1.29, 1.82) is 0 Å². The number of nitrogens with one attached hydrogen (secondary N) is 1. The number of rotatable bonds is 4. The van der Waals surface area contributed by atoms with Crippen LogP contribution in [0.3, 0.4) is 0 Å². The summed E-state index contributed by atoms with van der Waals surface area (Å²) in [6, 6.07) is -0.0337. The largest absolute Gasteiger partial charge is 0.444 e. The average molecular weight is 200 g/mol. The van der Waals surface area contributed by atoms with Crippen LogP contribution in [0.1, 0.15) is 27.2 Å². The van der Waals surface area contributed by atoms with Gasteiger partial charge in [0.05, 0.1) is 0 Å². The Hall–Kier alpha value is -0.705. The number of nitrogens with zero attached hydrogens (tertiary/aromatic N) is 1. The maximum atomic E-state index is 11.5. The molecule has 0 spiro atoms. The minimum absolute atomic E-state index is 0.0337.